The molecule has 8 heteroatoms. The Labute approximate surface area is 175 Å². The highest BCUT2D eigenvalue weighted by atomic mass is 32.2. The number of hydrogen-bond donors (Lipinski definition) is 1. The average Bonchev–Trinajstić information content (AvgIpc) is 2.75. The van der Waals surface area contributed by atoms with E-state index >= 15 is 0 Å². The van der Waals surface area contributed by atoms with E-state index in [0.29, 0.717) is 28.6 Å². The van der Waals surface area contributed by atoms with E-state index in [2.05, 4.69) is 15.2 Å². The maximum atomic E-state index is 13.0. The molecular formula is C22H23FN4O2S. The fraction of sp³-hybridized carbons (Fsp3) is 0.273. The van der Waals surface area contributed by atoms with E-state index in [9.17, 15) is 13.2 Å². The molecule has 0 bridgehead atoms. The summed E-state index contributed by atoms with van der Waals surface area (Å²) in [7, 11) is -3.25. The van der Waals surface area contributed by atoms with Gasteiger partial charge in [0.1, 0.15) is 5.82 Å². The normalized spacial score (nSPS) is 21.5. The summed E-state index contributed by atoms with van der Waals surface area (Å²) in [5.41, 5.74) is 2.01. The van der Waals surface area contributed by atoms with Crippen molar-refractivity contribution < 1.29 is 13.2 Å². The van der Waals surface area contributed by atoms with Gasteiger partial charge in [-0.15, -0.1) is 10.2 Å². The number of nitrogens with zero attached hydrogens (tertiary/aromatic N) is 4. The lowest BCUT2D eigenvalue weighted by Gasteiger charge is -2.34. The Bertz CT molecular complexity index is 1110. The molecule has 2 aromatic rings. The molecule has 1 aromatic heterocycles. The lowest BCUT2D eigenvalue weighted by molar-refractivity contribution is 0.261. The van der Waals surface area contributed by atoms with E-state index < -0.39 is 9.99 Å². The minimum Gasteiger partial charge on any atom is -0.302 e. The van der Waals surface area contributed by atoms with Crippen LogP contribution in [-0.4, -0.2) is 46.4 Å². The quantitative estimate of drug-likeness (QED) is 0.746. The van der Waals surface area contributed by atoms with Crippen molar-refractivity contribution in [3.8, 4) is 11.3 Å². The summed E-state index contributed by atoms with van der Waals surface area (Å²) in [6.45, 7) is 2.62. The molecule has 156 valence electrons. The summed E-state index contributed by atoms with van der Waals surface area (Å²) in [6.07, 6.45) is 9.64. The molecule has 2 heterocycles. The van der Waals surface area contributed by atoms with E-state index in [1.54, 1.807) is 52.9 Å². The molecule has 2 aliphatic rings. The highest BCUT2D eigenvalue weighted by molar-refractivity contribution is 7.95. The van der Waals surface area contributed by atoms with Crippen molar-refractivity contribution in [2.45, 2.75) is 32.2 Å². The lowest BCUT2D eigenvalue weighted by atomic mass is 10.1. The zero-order valence-electron chi connectivity index (χ0n) is 16.6. The summed E-state index contributed by atoms with van der Waals surface area (Å²) < 4.78 is 38.5. The summed E-state index contributed by atoms with van der Waals surface area (Å²) >= 11 is 0. The molecule has 1 aliphatic carbocycles. The van der Waals surface area contributed by atoms with Crippen LogP contribution in [0.15, 0.2) is 65.7 Å². The number of hydrogen-bond acceptors (Lipinski definition) is 4. The molecule has 4 rings (SSSR count). The molecular weight excluding hydrogens is 403 g/mol. The van der Waals surface area contributed by atoms with Crippen molar-refractivity contribution in [2.75, 3.05) is 6.54 Å². The molecule has 2 atom stereocenters. The van der Waals surface area contributed by atoms with E-state index in [1.807, 2.05) is 6.92 Å². The van der Waals surface area contributed by atoms with Crippen LogP contribution in [0.25, 0.3) is 11.3 Å². The third-order valence-corrected chi connectivity index (χ3v) is 7.30. The molecule has 1 saturated heterocycles. The topological polar surface area (TPSA) is 78.7 Å². The second-order valence-corrected chi connectivity index (χ2v) is 9.31. The molecule has 0 radical (unpaired) electrons. The lowest BCUT2D eigenvalue weighted by Crippen LogP contribution is -2.43. The minimum atomic E-state index is -3.25. The van der Waals surface area contributed by atoms with Crippen LogP contribution in [-0.2, 0) is 9.99 Å². The average molecular weight is 427 g/mol. The van der Waals surface area contributed by atoms with Gasteiger partial charge in [-0.05, 0) is 80.5 Å². The Morgan fingerprint density at radius 3 is 2.43 bits per heavy atom. The highest BCUT2D eigenvalue weighted by Gasteiger charge is 2.27. The Kier molecular flexibility index (Phi) is 5.90. The van der Waals surface area contributed by atoms with Crippen molar-refractivity contribution in [1.82, 2.24) is 14.5 Å². The zero-order chi connectivity index (χ0) is 21.1. The van der Waals surface area contributed by atoms with Crippen LogP contribution in [0.3, 0.4) is 0 Å². The van der Waals surface area contributed by atoms with Gasteiger partial charge in [0.05, 0.1) is 16.3 Å². The molecule has 0 amide bonds. The first-order valence-corrected chi connectivity index (χ1v) is 11.4. The second-order valence-electron chi connectivity index (χ2n) is 7.37. The number of aliphatic imine (C=N–C) groups is 1. The van der Waals surface area contributed by atoms with Crippen molar-refractivity contribution in [3.05, 3.63) is 66.5 Å². The van der Waals surface area contributed by atoms with E-state index in [4.69, 9.17) is 0 Å². The second kappa shape index (κ2) is 8.59. The van der Waals surface area contributed by atoms with Crippen LogP contribution < -0.4 is 0 Å². The minimum absolute atomic E-state index is 0.0792. The Morgan fingerprint density at radius 1 is 1.07 bits per heavy atom. The Morgan fingerprint density at radius 2 is 1.80 bits per heavy atom. The fourth-order valence-corrected chi connectivity index (χ4v) is 5.30. The van der Waals surface area contributed by atoms with Gasteiger partial charge in [-0.3, -0.25) is 0 Å². The highest BCUT2D eigenvalue weighted by Crippen LogP contribution is 2.22. The van der Waals surface area contributed by atoms with Gasteiger partial charge in [0, 0.05) is 18.2 Å². The largest absolute Gasteiger partial charge is 0.302 e. The van der Waals surface area contributed by atoms with Crippen LogP contribution in [0.4, 0.5) is 10.2 Å². The number of allylic oxidation sites excluding steroid dienone is 4. The molecule has 30 heavy (non-hydrogen) atoms. The van der Waals surface area contributed by atoms with E-state index in [0.717, 1.165) is 24.8 Å². The predicted molar refractivity (Wildman–Crippen MR) is 119 cm³/mol. The maximum Gasteiger partial charge on any atom is 0.175 e. The van der Waals surface area contributed by atoms with Gasteiger partial charge >= 0.3 is 0 Å². The fourth-order valence-electron chi connectivity index (χ4n) is 3.56. The molecule has 0 saturated carbocycles. The number of rotatable bonds is 3. The van der Waals surface area contributed by atoms with Crippen LogP contribution in [0.2, 0.25) is 0 Å². The van der Waals surface area contributed by atoms with Gasteiger partial charge in [0.15, 0.2) is 15.8 Å². The maximum absolute atomic E-state index is 13.0. The predicted octanol–water partition coefficient (Wildman–Crippen LogP) is 4.20. The van der Waals surface area contributed by atoms with Crippen LogP contribution in [0, 0.1) is 5.82 Å². The number of piperidine rings is 1. The summed E-state index contributed by atoms with van der Waals surface area (Å²) in [5.74, 6) is 0.117. The number of aromatic nitrogens is 2. The monoisotopic (exact) mass is 426 g/mol. The first kappa shape index (κ1) is 20.6. The van der Waals surface area contributed by atoms with E-state index in [1.165, 1.54) is 12.1 Å². The first-order chi connectivity index (χ1) is 14.4. The third-order valence-electron chi connectivity index (χ3n) is 5.24. The van der Waals surface area contributed by atoms with Crippen molar-refractivity contribution in [1.29, 1.82) is 0 Å². The number of halogens is 1. The molecule has 1 aromatic carbocycles. The summed E-state index contributed by atoms with van der Waals surface area (Å²) in [5, 5.41) is 8.25. The molecule has 1 fully saturated rings. The van der Waals surface area contributed by atoms with Crippen LogP contribution >= 0.6 is 0 Å². The van der Waals surface area contributed by atoms with Gasteiger partial charge in [-0.2, -0.15) is 0 Å². The standard InChI is InChI=1S/C22H23FN4O2S/c1-16-4-2-3-15-27(16)30(28,29)20-11-9-19(10-12-20)24-22-14-13-21(25-26-22)17-5-7-18(23)8-6-17/h5-14,16H,2-4,15H2,1H3,(H,28,29)/t16-/m1/s1. The SMILES string of the molecule is C[C@@H]1CCCCN1S(=O)(O)=C1C=CC(=Nc2ccc(-c3ccc(F)cc3)nn2)C=C1. The Hall–Kier alpha value is -2.68. The zero-order valence-corrected chi connectivity index (χ0v) is 17.4. The third kappa shape index (κ3) is 4.40. The van der Waals surface area contributed by atoms with Crippen molar-refractivity contribution in [2.24, 2.45) is 4.99 Å². The van der Waals surface area contributed by atoms with Gasteiger partial charge in [0.25, 0.3) is 0 Å². The van der Waals surface area contributed by atoms with Crippen molar-refractivity contribution in [3.63, 3.8) is 0 Å². The van der Waals surface area contributed by atoms with Gasteiger partial charge in [-0.25, -0.2) is 17.9 Å². The van der Waals surface area contributed by atoms with Crippen molar-refractivity contribution >= 4 is 26.4 Å². The summed E-state index contributed by atoms with van der Waals surface area (Å²) in [6, 6.07) is 9.61. The van der Waals surface area contributed by atoms with Crippen LogP contribution in [0.5, 0.6) is 0 Å². The first-order valence-electron chi connectivity index (χ1n) is 9.88. The van der Waals surface area contributed by atoms with Gasteiger partial charge in [-0.1, -0.05) is 6.42 Å². The van der Waals surface area contributed by atoms with Gasteiger partial charge < -0.3 is 4.55 Å². The smallest absolute Gasteiger partial charge is 0.175 e. The van der Waals surface area contributed by atoms with E-state index in [-0.39, 0.29) is 11.9 Å². The molecule has 0 spiro atoms. The molecule has 1 aliphatic heterocycles. The van der Waals surface area contributed by atoms with Gasteiger partial charge in [0.2, 0.25) is 0 Å². The Balaban J connectivity index is 1.52. The molecule has 6 nitrogen and oxygen atoms in total. The summed E-state index contributed by atoms with van der Waals surface area (Å²) in [4.78, 5) is 4.80. The number of benzene rings is 1. The van der Waals surface area contributed by atoms with Crippen LogP contribution in [0.1, 0.15) is 26.2 Å². The molecule has 1 unspecified atom stereocenters. The molecule has 1 N–H and O–H groups in total.